The van der Waals surface area contributed by atoms with E-state index in [1.807, 2.05) is 0 Å². The van der Waals surface area contributed by atoms with Crippen LogP contribution < -0.4 is 0 Å². The van der Waals surface area contributed by atoms with Gasteiger partial charge in [-0.3, -0.25) is 0 Å². The highest BCUT2D eigenvalue weighted by Gasteiger charge is 2.43. The molecule has 18 nitrogen and oxygen atoms in total. The van der Waals surface area contributed by atoms with E-state index in [0.717, 1.165) is 0 Å². The lowest BCUT2D eigenvalue weighted by atomic mass is 9.89. The van der Waals surface area contributed by atoms with E-state index in [-0.39, 0.29) is 44.6 Å². The van der Waals surface area contributed by atoms with Gasteiger partial charge in [0, 0.05) is 44.6 Å². The van der Waals surface area contributed by atoms with E-state index in [1.54, 1.807) is 0 Å². The third kappa shape index (κ3) is 22.2. The molecule has 0 bridgehead atoms. The van der Waals surface area contributed by atoms with Crippen LogP contribution in [0.3, 0.4) is 0 Å². The maximum absolute atomic E-state index is 12.9. The quantitative estimate of drug-likeness (QED) is 0.0495. The number of carbonyl (C=O) groups is 8. The average molecular weight is 917 g/mol. The van der Waals surface area contributed by atoms with E-state index in [0.29, 0.717) is 0 Å². The summed E-state index contributed by atoms with van der Waals surface area (Å²) >= 11 is 0. The zero-order chi connectivity index (χ0) is 50.3. The molecule has 360 valence electrons. The second-order valence-electron chi connectivity index (χ2n) is 16.3. The molecule has 0 aliphatic heterocycles. The molecule has 0 saturated heterocycles. The van der Waals surface area contributed by atoms with Gasteiger partial charge in [-0.1, -0.05) is 52.6 Å². The van der Waals surface area contributed by atoms with E-state index < -0.39 is 143 Å². The third-order valence-corrected chi connectivity index (χ3v) is 8.50. The van der Waals surface area contributed by atoms with Crippen LogP contribution in [-0.2, 0) is 85.7 Å². The number of hydrogen-bond acceptors (Lipinski definition) is 18. The van der Waals surface area contributed by atoms with Gasteiger partial charge < -0.3 is 47.4 Å². The fourth-order valence-corrected chi connectivity index (χ4v) is 4.45. The van der Waals surface area contributed by atoms with Gasteiger partial charge >= 0.3 is 47.8 Å². The van der Waals surface area contributed by atoms with E-state index in [2.05, 4.69) is 52.6 Å². The van der Waals surface area contributed by atoms with Crippen LogP contribution in [0.1, 0.15) is 55.4 Å². The normalized spacial score (nSPS) is 11.1. The number of carbonyl (C=O) groups excluding carboxylic acids is 8. The van der Waals surface area contributed by atoms with Crippen molar-refractivity contribution in [1.82, 2.24) is 0 Å². The van der Waals surface area contributed by atoms with Crippen molar-refractivity contribution in [2.75, 3.05) is 79.3 Å². The summed E-state index contributed by atoms with van der Waals surface area (Å²) in [6.07, 6.45) is 0. The van der Waals surface area contributed by atoms with Gasteiger partial charge in [-0.15, -0.1) is 0 Å². The van der Waals surface area contributed by atoms with Crippen LogP contribution in [0.15, 0.2) is 97.2 Å². The van der Waals surface area contributed by atoms with Gasteiger partial charge in [0.2, 0.25) is 0 Å². The molecule has 0 N–H and O–H groups in total. The Morgan fingerprint density at radius 1 is 0.246 bits per heavy atom. The Morgan fingerprint density at radius 2 is 0.354 bits per heavy atom. The van der Waals surface area contributed by atoms with Crippen LogP contribution >= 0.6 is 0 Å². The summed E-state index contributed by atoms with van der Waals surface area (Å²) < 4.78 is 56.4. The van der Waals surface area contributed by atoms with Gasteiger partial charge in [-0.05, 0) is 55.4 Å². The minimum absolute atomic E-state index is 0.00586. The average Bonchev–Trinajstić information content (AvgIpc) is 3.23. The minimum atomic E-state index is -1.68. The van der Waals surface area contributed by atoms with Crippen molar-refractivity contribution in [3.8, 4) is 0 Å². The molecule has 65 heavy (non-hydrogen) atoms. The Morgan fingerprint density at radius 3 is 0.462 bits per heavy atom. The molecule has 0 aromatic rings. The van der Waals surface area contributed by atoms with Crippen molar-refractivity contribution >= 4 is 47.8 Å². The molecule has 0 aliphatic carbocycles. The van der Waals surface area contributed by atoms with E-state index in [4.69, 9.17) is 47.4 Å². The lowest BCUT2D eigenvalue weighted by Gasteiger charge is -2.37. The Balaban J connectivity index is 7.58. The minimum Gasteiger partial charge on any atom is -0.461 e. The summed E-state index contributed by atoms with van der Waals surface area (Å²) in [4.78, 5) is 102. The van der Waals surface area contributed by atoms with E-state index >= 15 is 0 Å². The number of hydrogen-bond donors (Lipinski definition) is 0. The molecule has 0 amide bonds. The van der Waals surface area contributed by atoms with Crippen molar-refractivity contribution in [3.63, 3.8) is 0 Å². The fourth-order valence-electron chi connectivity index (χ4n) is 4.45. The van der Waals surface area contributed by atoms with Gasteiger partial charge in [0.15, 0.2) is 0 Å². The zero-order valence-corrected chi connectivity index (χ0v) is 39.0. The van der Waals surface area contributed by atoms with Crippen LogP contribution in [0.2, 0.25) is 0 Å². The van der Waals surface area contributed by atoms with Crippen molar-refractivity contribution in [1.29, 1.82) is 0 Å². The van der Waals surface area contributed by atoms with Gasteiger partial charge in [-0.2, -0.15) is 0 Å². The molecule has 18 heteroatoms. The predicted molar refractivity (Wildman–Crippen MR) is 235 cm³/mol. The number of rotatable bonds is 32. The Kier molecular flexibility index (Phi) is 25.0. The first-order valence-electron chi connectivity index (χ1n) is 19.8. The van der Waals surface area contributed by atoms with Crippen LogP contribution in [-0.4, -0.2) is 127 Å². The van der Waals surface area contributed by atoms with Gasteiger partial charge in [0.05, 0.1) is 42.7 Å². The smallest absolute Gasteiger partial charge is 0.333 e. The second kappa shape index (κ2) is 27.7. The Hall–Kier alpha value is -6.40. The van der Waals surface area contributed by atoms with Crippen molar-refractivity contribution in [2.45, 2.75) is 55.4 Å². The van der Waals surface area contributed by atoms with Crippen LogP contribution in [0.5, 0.6) is 0 Å². The van der Waals surface area contributed by atoms with Crippen LogP contribution in [0.25, 0.3) is 0 Å². The molecule has 0 atom stereocenters. The van der Waals surface area contributed by atoms with Gasteiger partial charge in [0.1, 0.15) is 52.9 Å². The van der Waals surface area contributed by atoms with Crippen molar-refractivity contribution in [3.05, 3.63) is 97.2 Å². The molecular formula is C47H64O18. The molecule has 0 rings (SSSR count). The van der Waals surface area contributed by atoms with E-state index in [1.165, 1.54) is 55.4 Å². The SMILES string of the molecule is C=C(C)C(=O)OCC(COCC(COC(=O)C(=C)C)(COC(=O)C(=C)C)COC(=O)C(=C)C)(COCC(COC(=O)C(=C)C)(COC(=O)C(=C)C)COC(=O)C(=C)C)COC(=O)C(=C)C. The van der Waals surface area contributed by atoms with Crippen LogP contribution in [0.4, 0.5) is 0 Å². The summed E-state index contributed by atoms with van der Waals surface area (Å²) in [6.45, 7) is 33.1. The highest BCUT2D eigenvalue weighted by atomic mass is 16.6. The monoisotopic (exact) mass is 916 g/mol. The molecule has 0 saturated carbocycles. The Labute approximate surface area is 380 Å². The second-order valence-corrected chi connectivity index (χ2v) is 16.3. The predicted octanol–water partition coefficient (Wildman–Crippen LogP) is 4.93. The Bertz CT molecular complexity index is 1630. The van der Waals surface area contributed by atoms with Crippen molar-refractivity contribution in [2.24, 2.45) is 16.2 Å². The van der Waals surface area contributed by atoms with E-state index in [9.17, 15) is 38.4 Å². The van der Waals surface area contributed by atoms with Crippen LogP contribution in [0, 0.1) is 16.2 Å². The lowest BCUT2D eigenvalue weighted by molar-refractivity contribution is -0.174. The maximum atomic E-state index is 12.9. The summed E-state index contributed by atoms with van der Waals surface area (Å²) in [5.74, 6) is -6.76. The summed E-state index contributed by atoms with van der Waals surface area (Å²) in [6, 6.07) is 0. The first kappa shape index (κ1) is 58.6. The molecule has 0 heterocycles. The molecule has 0 aliphatic rings. The zero-order valence-electron chi connectivity index (χ0n) is 39.0. The summed E-state index contributed by atoms with van der Waals surface area (Å²) in [5, 5.41) is 0. The lowest BCUT2D eigenvalue weighted by Crippen LogP contribution is -2.48. The molecule has 0 radical (unpaired) electrons. The summed E-state index contributed by atoms with van der Waals surface area (Å²) in [7, 11) is 0. The number of ether oxygens (including phenoxy) is 10. The highest BCUT2D eigenvalue weighted by molar-refractivity contribution is 5.90. The molecule has 0 spiro atoms. The fraction of sp³-hybridized carbons (Fsp3) is 0.489. The third-order valence-electron chi connectivity index (χ3n) is 8.50. The van der Waals surface area contributed by atoms with Gasteiger partial charge in [0.25, 0.3) is 0 Å². The van der Waals surface area contributed by atoms with Gasteiger partial charge in [-0.25, -0.2) is 38.4 Å². The highest BCUT2D eigenvalue weighted by Crippen LogP contribution is 2.29. The molecule has 0 fully saturated rings. The molecule has 0 aromatic carbocycles. The largest absolute Gasteiger partial charge is 0.461 e. The first-order chi connectivity index (χ1) is 30.0. The maximum Gasteiger partial charge on any atom is 0.333 e. The van der Waals surface area contributed by atoms with Crippen molar-refractivity contribution < 1.29 is 85.7 Å². The molecule has 0 unspecified atom stereocenters. The first-order valence-corrected chi connectivity index (χ1v) is 19.8. The molecule has 0 aromatic heterocycles. The number of esters is 8. The summed E-state index contributed by atoms with van der Waals surface area (Å²) in [5.41, 5.74) is -4.88. The topological polar surface area (TPSA) is 229 Å². The molecular weight excluding hydrogens is 852 g/mol. The standard InChI is InChI=1S/C47H64O18/c1-29(2)37(48)58-21-45(22-59-38(49)30(3)4,17-56-19-46(23-60-39(50)31(5)6,24-61-40(51)32(7)8)25-62-41(52)33(9)10)18-57-20-47(26-63-42(53)34(11)12,27-64-43(54)35(13)14)28-65-44(55)36(15)16/h1,3,5,7,9,11,13,15,17-28H2,2,4,6,8,10,12,14,16H3.